The largest absolute Gasteiger partial charge is 0.329 e. The average Bonchev–Trinajstić information content (AvgIpc) is 1.85. The first-order chi connectivity index (χ1) is 5.00. The molecule has 0 heterocycles. The van der Waals surface area contributed by atoms with Crippen LogP contribution in [0.2, 0.25) is 0 Å². The Morgan fingerprint density at radius 3 is 2.00 bits per heavy atom. The lowest BCUT2D eigenvalue weighted by atomic mass is 9.86. The summed E-state index contributed by atoms with van der Waals surface area (Å²) in [5, 5.41) is 0. The van der Waals surface area contributed by atoms with E-state index in [1.165, 1.54) is 0 Å². The van der Waals surface area contributed by atoms with Crippen LogP contribution in [0.1, 0.15) is 20.8 Å². The molecule has 0 saturated carbocycles. The molecule has 11 heavy (non-hydrogen) atoms. The van der Waals surface area contributed by atoms with Gasteiger partial charge in [-0.2, -0.15) is 0 Å². The number of Topliss-reactive ketones (excluding diaryl/α,β-unsaturated/α-hetero) is 1. The third kappa shape index (κ3) is 2.99. The van der Waals surface area contributed by atoms with Crippen molar-refractivity contribution in [3.8, 4) is 0 Å². The Kier molecular flexibility index (Phi) is 4.30. The Hall–Kier alpha value is -0.410. The van der Waals surface area contributed by atoms with E-state index in [4.69, 9.17) is 11.5 Å². The molecule has 0 bridgehead atoms. The molecule has 0 saturated heterocycles. The molecular weight excluding hydrogens is 140 g/mol. The second kappa shape index (κ2) is 4.46. The van der Waals surface area contributed by atoms with Crippen molar-refractivity contribution < 1.29 is 4.79 Å². The minimum absolute atomic E-state index is 0.0833. The van der Waals surface area contributed by atoms with E-state index in [2.05, 4.69) is 0 Å². The van der Waals surface area contributed by atoms with E-state index >= 15 is 0 Å². The van der Waals surface area contributed by atoms with Crippen molar-refractivity contribution in [3.05, 3.63) is 0 Å². The van der Waals surface area contributed by atoms with Crippen LogP contribution in [0.15, 0.2) is 0 Å². The highest BCUT2D eigenvalue weighted by atomic mass is 16.1. The van der Waals surface area contributed by atoms with Gasteiger partial charge in [0.1, 0.15) is 5.78 Å². The molecule has 0 aliphatic rings. The van der Waals surface area contributed by atoms with Gasteiger partial charge in [0.2, 0.25) is 0 Å². The quantitative estimate of drug-likeness (QED) is 0.611. The van der Waals surface area contributed by atoms with Gasteiger partial charge < -0.3 is 11.5 Å². The lowest BCUT2D eigenvalue weighted by molar-refractivity contribution is -0.122. The van der Waals surface area contributed by atoms with Crippen molar-refractivity contribution >= 4 is 5.78 Å². The van der Waals surface area contributed by atoms with Gasteiger partial charge >= 0.3 is 0 Å². The summed E-state index contributed by atoms with van der Waals surface area (Å²) < 4.78 is 0. The summed E-state index contributed by atoms with van der Waals surface area (Å²) in [5.74, 6) is 0.337. The molecule has 0 aromatic rings. The van der Waals surface area contributed by atoms with E-state index in [-0.39, 0.29) is 23.7 Å². The number of hydrogen-bond donors (Lipinski definition) is 2. The van der Waals surface area contributed by atoms with E-state index in [0.717, 1.165) is 0 Å². The third-order valence-electron chi connectivity index (χ3n) is 1.92. The fourth-order valence-electron chi connectivity index (χ4n) is 1.41. The van der Waals surface area contributed by atoms with Crippen molar-refractivity contribution in [1.82, 2.24) is 0 Å². The maximum absolute atomic E-state index is 11.1. The molecule has 2 atom stereocenters. The van der Waals surface area contributed by atoms with Crippen LogP contribution >= 0.6 is 0 Å². The lowest BCUT2D eigenvalue weighted by Crippen LogP contribution is -2.43. The summed E-state index contributed by atoms with van der Waals surface area (Å²) in [4.78, 5) is 11.1. The highest BCUT2D eigenvalue weighted by Gasteiger charge is 2.24. The fourth-order valence-corrected chi connectivity index (χ4v) is 1.41. The summed E-state index contributed by atoms with van der Waals surface area (Å²) in [6.45, 7) is 5.92. The Labute approximate surface area is 68.1 Å². The zero-order chi connectivity index (χ0) is 9.02. The molecule has 0 aromatic carbocycles. The van der Waals surface area contributed by atoms with Gasteiger partial charge in [0.05, 0.1) is 0 Å². The van der Waals surface area contributed by atoms with Gasteiger partial charge in [0, 0.05) is 18.5 Å². The molecule has 66 valence electrons. The lowest BCUT2D eigenvalue weighted by Gasteiger charge is -2.23. The predicted molar refractivity (Wildman–Crippen MR) is 46.0 cm³/mol. The average molecular weight is 158 g/mol. The van der Waals surface area contributed by atoms with Crippen LogP contribution in [0.3, 0.4) is 0 Å². The first kappa shape index (κ1) is 10.6. The Morgan fingerprint density at radius 2 is 1.91 bits per heavy atom. The molecular formula is C8H18N2O. The van der Waals surface area contributed by atoms with Gasteiger partial charge in [-0.1, -0.05) is 13.8 Å². The zero-order valence-corrected chi connectivity index (χ0v) is 7.50. The van der Waals surface area contributed by atoms with Crippen LogP contribution in [-0.2, 0) is 4.79 Å². The van der Waals surface area contributed by atoms with Gasteiger partial charge in [0.25, 0.3) is 0 Å². The predicted octanol–water partition coefficient (Wildman–Crippen LogP) is 0.134. The summed E-state index contributed by atoms with van der Waals surface area (Å²) in [7, 11) is 0. The molecule has 2 unspecified atom stereocenters. The highest BCUT2D eigenvalue weighted by Crippen LogP contribution is 2.14. The third-order valence-corrected chi connectivity index (χ3v) is 1.92. The molecule has 0 fully saturated rings. The Bertz CT molecular complexity index is 134. The Balaban J connectivity index is 4.21. The van der Waals surface area contributed by atoms with Crippen molar-refractivity contribution in [1.29, 1.82) is 0 Å². The second-order valence-electron chi connectivity index (χ2n) is 3.28. The summed E-state index contributed by atoms with van der Waals surface area (Å²) in [6, 6.07) is -0.188. The van der Waals surface area contributed by atoms with Gasteiger partial charge in [-0.15, -0.1) is 0 Å². The Morgan fingerprint density at radius 1 is 1.45 bits per heavy atom. The van der Waals surface area contributed by atoms with Crippen LogP contribution < -0.4 is 11.5 Å². The van der Waals surface area contributed by atoms with Crippen LogP contribution in [-0.4, -0.2) is 18.4 Å². The minimum Gasteiger partial charge on any atom is -0.329 e. The van der Waals surface area contributed by atoms with E-state index in [9.17, 15) is 4.79 Å². The van der Waals surface area contributed by atoms with Gasteiger partial charge in [-0.3, -0.25) is 4.79 Å². The molecule has 0 amide bonds. The number of rotatable bonds is 4. The molecule has 0 spiro atoms. The maximum Gasteiger partial charge on any atom is 0.134 e. The van der Waals surface area contributed by atoms with Crippen LogP contribution in [0, 0.1) is 11.8 Å². The normalized spacial score (nSPS) is 16.5. The number of nitrogens with two attached hydrogens (primary N) is 2. The van der Waals surface area contributed by atoms with Crippen LogP contribution in [0.4, 0.5) is 0 Å². The molecule has 3 nitrogen and oxygen atoms in total. The van der Waals surface area contributed by atoms with Crippen molar-refractivity contribution in [2.24, 2.45) is 23.3 Å². The molecule has 0 aliphatic carbocycles. The molecule has 3 heteroatoms. The van der Waals surface area contributed by atoms with Crippen LogP contribution in [0.25, 0.3) is 0 Å². The number of carbonyl (C=O) groups is 1. The van der Waals surface area contributed by atoms with E-state index < -0.39 is 0 Å². The number of hydrogen-bond acceptors (Lipinski definition) is 3. The number of carbonyl (C=O) groups excluding carboxylic acids is 1. The van der Waals surface area contributed by atoms with Crippen molar-refractivity contribution in [2.75, 3.05) is 6.54 Å². The van der Waals surface area contributed by atoms with E-state index in [1.807, 2.05) is 13.8 Å². The first-order valence-corrected chi connectivity index (χ1v) is 3.96. The maximum atomic E-state index is 11.1. The van der Waals surface area contributed by atoms with E-state index in [1.54, 1.807) is 6.92 Å². The van der Waals surface area contributed by atoms with Gasteiger partial charge in [0.15, 0.2) is 0 Å². The smallest absolute Gasteiger partial charge is 0.134 e. The fraction of sp³-hybridized carbons (Fsp3) is 0.875. The topological polar surface area (TPSA) is 69.1 Å². The van der Waals surface area contributed by atoms with Crippen LogP contribution in [0.5, 0.6) is 0 Å². The van der Waals surface area contributed by atoms with Gasteiger partial charge in [-0.25, -0.2) is 0 Å². The summed E-state index contributed by atoms with van der Waals surface area (Å²) in [5.41, 5.74) is 11.0. The van der Waals surface area contributed by atoms with Gasteiger partial charge in [-0.05, 0) is 12.8 Å². The monoisotopic (exact) mass is 158 g/mol. The molecule has 0 aromatic heterocycles. The zero-order valence-electron chi connectivity index (χ0n) is 7.50. The summed E-state index contributed by atoms with van der Waals surface area (Å²) >= 11 is 0. The first-order valence-electron chi connectivity index (χ1n) is 3.96. The minimum atomic E-state index is -0.188. The molecule has 0 rings (SSSR count). The standard InChI is InChI=1S/C8H18N2O/c1-5(2)8(6(3)11)7(10)4-9/h5,7-8H,4,9-10H2,1-3H3. The second-order valence-corrected chi connectivity index (χ2v) is 3.28. The molecule has 0 aliphatic heterocycles. The van der Waals surface area contributed by atoms with Crippen molar-refractivity contribution in [2.45, 2.75) is 26.8 Å². The number of ketones is 1. The molecule has 0 radical (unpaired) electrons. The summed E-state index contributed by atoms with van der Waals surface area (Å²) in [6.07, 6.45) is 0. The van der Waals surface area contributed by atoms with Crippen molar-refractivity contribution in [3.63, 3.8) is 0 Å². The highest BCUT2D eigenvalue weighted by molar-refractivity contribution is 5.79. The van der Waals surface area contributed by atoms with E-state index in [0.29, 0.717) is 6.54 Å². The molecule has 4 N–H and O–H groups in total. The SMILES string of the molecule is CC(=O)C(C(C)C)C(N)CN.